The van der Waals surface area contributed by atoms with E-state index in [-0.39, 0.29) is 29.9 Å². The van der Waals surface area contributed by atoms with Gasteiger partial charge in [-0.3, -0.25) is 14.4 Å². The zero-order chi connectivity index (χ0) is 37.6. The first-order chi connectivity index (χ1) is 26.3. The lowest BCUT2D eigenvalue weighted by Gasteiger charge is -2.28. The van der Waals surface area contributed by atoms with Crippen LogP contribution in [0.4, 0.5) is 10.5 Å². The second kappa shape index (κ2) is 17.0. The van der Waals surface area contributed by atoms with E-state index in [4.69, 9.17) is 10.5 Å². The third-order valence-electron chi connectivity index (χ3n) is 11.6. The first-order valence-corrected chi connectivity index (χ1v) is 19.9. The number of nitrogens with one attached hydrogen (secondary N) is 3. The summed E-state index contributed by atoms with van der Waals surface area (Å²) in [6.45, 7) is 3.19. The molecule has 284 valence electrons. The highest BCUT2D eigenvalue weighted by atomic mass is 16.5. The molecule has 1 heterocycles. The molecule has 0 radical (unpaired) electrons. The molecule has 3 aliphatic rings. The van der Waals surface area contributed by atoms with Crippen molar-refractivity contribution in [3.63, 3.8) is 0 Å². The number of aromatic nitrogens is 1. The van der Waals surface area contributed by atoms with Gasteiger partial charge in [-0.15, -0.1) is 0 Å². The monoisotopic (exact) mass is 731 g/mol. The lowest BCUT2D eigenvalue weighted by Crippen LogP contribution is -2.53. The van der Waals surface area contributed by atoms with Crippen molar-refractivity contribution in [2.75, 3.05) is 18.5 Å². The van der Waals surface area contributed by atoms with E-state index in [0.29, 0.717) is 50.4 Å². The van der Waals surface area contributed by atoms with Gasteiger partial charge < -0.3 is 31.0 Å². The molecular weight excluding hydrogens is 679 g/mol. The number of pyridine rings is 1. The molecule has 2 fully saturated rings. The Kier molecular flexibility index (Phi) is 11.8. The Hall–Kier alpha value is -4.96. The molecule has 7 rings (SSSR count). The Labute approximate surface area is 317 Å². The van der Waals surface area contributed by atoms with E-state index in [1.165, 1.54) is 6.42 Å². The number of benzene rings is 3. The van der Waals surface area contributed by atoms with Crippen LogP contribution < -0.4 is 27.2 Å². The third kappa shape index (κ3) is 8.70. The summed E-state index contributed by atoms with van der Waals surface area (Å²) in [4.78, 5) is 54.5. The van der Waals surface area contributed by atoms with Gasteiger partial charge in [-0.1, -0.05) is 86.7 Å². The molecule has 0 unspecified atom stereocenters. The Morgan fingerprint density at radius 3 is 2.20 bits per heavy atom. The van der Waals surface area contributed by atoms with Gasteiger partial charge in [0.15, 0.2) is 0 Å². The number of rotatable bonds is 15. The second-order valence-corrected chi connectivity index (χ2v) is 15.5. The van der Waals surface area contributed by atoms with Crippen LogP contribution in [-0.2, 0) is 20.9 Å². The van der Waals surface area contributed by atoms with Gasteiger partial charge in [0.25, 0.3) is 5.56 Å². The molecule has 54 heavy (non-hydrogen) atoms. The number of carbonyl (C=O) groups excluding carboxylic acids is 3. The van der Waals surface area contributed by atoms with E-state index in [1.807, 2.05) is 49.4 Å². The van der Waals surface area contributed by atoms with Gasteiger partial charge in [0.05, 0.1) is 5.52 Å². The number of ether oxygens (including phenoxy) is 1. The molecule has 2 atom stereocenters. The van der Waals surface area contributed by atoms with Crippen LogP contribution in [0.15, 0.2) is 77.6 Å². The normalized spacial score (nSPS) is 16.6. The van der Waals surface area contributed by atoms with Gasteiger partial charge >= 0.3 is 6.09 Å². The maximum Gasteiger partial charge on any atom is 0.407 e. The molecule has 4 aromatic rings. The lowest BCUT2D eigenvalue weighted by atomic mass is 9.84. The van der Waals surface area contributed by atoms with Crippen LogP contribution in [-0.4, -0.2) is 47.7 Å². The fourth-order valence-electron chi connectivity index (χ4n) is 8.41. The van der Waals surface area contributed by atoms with Gasteiger partial charge in [0.1, 0.15) is 18.7 Å². The van der Waals surface area contributed by atoms with Gasteiger partial charge in [-0.05, 0) is 104 Å². The first kappa shape index (κ1) is 37.4. The number of anilines is 1. The maximum absolute atomic E-state index is 14.1. The van der Waals surface area contributed by atoms with Crippen molar-refractivity contribution < 1.29 is 19.1 Å². The number of fused-ring (bicyclic) bond motifs is 4. The highest BCUT2D eigenvalue weighted by Gasteiger charge is 2.32. The minimum atomic E-state index is -0.867. The third-order valence-corrected chi connectivity index (χ3v) is 11.6. The Morgan fingerprint density at radius 1 is 0.815 bits per heavy atom. The van der Waals surface area contributed by atoms with E-state index in [1.54, 1.807) is 10.6 Å². The molecule has 0 bridgehead atoms. The van der Waals surface area contributed by atoms with Crippen LogP contribution in [0.2, 0.25) is 0 Å². The molecule has 5 N–H and O–H groups in total. The van der Waals surface area contributed by atoms with Crippen molar-refractivity contribution in [2.24, 2.45) is 17.6 Å². The number of amides is 3. The average Bonchev–Trinajstić information content (AvgIpc) is 3.95. The molecule has 3 aliphatic carbocycles. The molecular formula is C44H53N5O5. The Balaban J connectivity index is 1.06. The smallest absolute Gasteiger partial charge is 0.407 e. The Bertz CT molecular complexity index is 2000. The number of alkyl carbamates (subject to hydrolysis) is 1. The van der Waals surface area contributed by atoms with Crippen LogP contribution in [0.25, 0.3) is 22.0 Å². The number of nitrogens with two attached hydrogens (primary N) is 1. The number of carbonyl (C=O) groups is 3. The van der Waals surface area contributed by atoms with E-state index < -0.39 is 24.1 Å². The summed E-state index contributed by atoms with van der Waals surface area (Å²) in [5, 5.41) is 9.88. The van der Waals surface area contributed by atoms with Gasteiger partial charge in [0, 0.05) is 29.6 Å². The predicted molar refractivity (Wildman–Crippen MR) is 212 cm³/mol. The summed E-state index contributed by atoms with van der Waals surface area (Å²) >= 11 is 0. The van der Waals surface area contributed by atoms with Crippen molar-refractivity contribution in [1.29, 1.82) is 0 Å². The van der Waals surface area contributed by atoms with Gasteiger partial charge in [0.2, 0.25) is 11.8 Å². The molecule has 0 saturated heterocycles. The summed E-state index contributed by atoms with van der Waals surface area (Å²) in [5.41, 5.74) is 12.5. The number of hydrogen-bond donors (Lipinski definition) is 4. The zero-order valence-electron chi connectivity index (χ0n) is 31.3. The second-order valence-electron chi connectivity index (χ2n) is 15.5. The summed E-state index contributed by atoms with van der Waals surface area (Å²) in [5.74, 6) is -0.0953. The van der Waals surface area contributed by atoms with Crippen molar-refractivity contribution >= 4 is 34.5 Å². The van der Waals surface area contributed by atoms with Crippen LogP contribution >= 0.6 is 0 Å². The fraction of sp³-hybridized carbons (Fsp3) is 0.455. The first-order valence-electron chi connectivity index (χ1n) is 19.9. The minimum absolute atomic E-state index is 0.0461. The molecule has 3 amide bonds. The van der Waals surface area contributed by atoms with E-state index in [9.17, 15) is 19.2 Å². The minimum Gasteiger partial charge on any atom is -0.449 e. The van der Waals surface area contributed by atoms with E-state index in [2.05, 4.69) is 40.2 Å². The molecule has 0 aliphatic heterocycles. The van der Waals surface area contributed by atoms with Gasteiger partial charge in [-0.25, -0.2) is 4.79 Å². The number of hydrogen-bond acceptors (Lipinski definition) is 6. The molecule has 1 aromatic heterocycles. The van der Waals surface area contributed by atoms with E-state index in [0.717, 1.165) is 77.2 Å². The number of unbranched alkanes of at least 4 members (excludes halogenated alkanes) is 1. The number of nitrogens with zero attached hydrogens (tertiary/aromatic N) is 1. The highest BCUT2D eigenvalue weighted by Crippen LogP contribution is 2.44. The van der Waals surface area contributed by atoms with Crippen LogP contribution in [0, 0.1) is 18.8 Å². The molecule has 0 spiro atoms. The van der Waals surface area contributed by atoms with Crippen LogP contribution in [0.1, 0.15) is 93.2 Å². The summed E-state index contributed by atoms with van der Waals surface area (Å²) in [6.07, 6.45) is 9.09. The SMILES string of the molecule is Cc1cc(=O)n(CC2CC2)c2cc(NC(=O)[C@H](CCCCN)NC(=O)[C@H](CC3CCCCC3)NC(=O)OCC3c4ccccc4-c4ccccc43)ccc12. The van der Waals surface area contributed by atoms with Crippen molar-refractivity contribution in [3.8, 4) is 11.1 Å². The highest BCUT2D eigenvalue weighted by molar-refractivity contribution is 5.99. The summed E-state index contributed by atoms with van der Waals surface area (Å²) in [7, 11) is 0. The standard InChI is InChI=1S/C44H53N5O5/c1-28-23-41(50)49(26-30-18-19-30)40-25-31(20-21-32(28)40)46-42(51)38(17-9-10-22-45)47-43(52)39(24-29-11-3-2-4-12-29)48-44(53)54-27-37-35-15-7-5-13-33(35)34-14-6-8-16-36(34)37/h5-8,13-16,20-21,23,25,29-30,37-39H,2-4,9-12,17-19,22,24,26-27,45H2,1H3,(H,46,51)(H,47,52)(H,48,53)/t38-,39-/m0/s1. The molecule has 10 heteroatoms. The maximum atomic E-state index is 14.1. The van der Waals surface area contributed by atoms with Crippen molar-refractivity contribution in [3.05, 3.63) is 99.8 Å². The topological polar surface area (TPSA) is 145 Å². The average molecular weight is 732 g/mol. The Morgan fingerprint density at radius 2 is 1.52 bits per heavy atom. The van der Waals surface area contributed by atoms with E-state index >= 15 is 0 Å². The fourth-order valence-corrected chi connectivity index (χ4v) is 8.41. The molecule has 10 nitrogen and oxygen atoms in total. The van der Waals surface area contributed by atoms with Crippen molar-refractivity contribution in [2.45, 2.75) is 102 Å². The molecule has 3 aromatic carbocycles. The van der Waals surface area contributed by atoms with Crippen LogP contribution in [0.3, 0.4) is 0 Å². The largest absolute Gasteiger partial charge is 0.449 e. The summed E-state index contributed by atoms with van der Waals surface area (Å²) in [6, 6.07) is 21.9. The quantitative estimate of drug-likeness (QED) is 0.0957. The van der Waals surface area contributed by atoms with Crippen molar-refractivity contribution in [1.82, 2.24) is 15.2 Å². The lowest BCUT2D eigenvalue weighted by molar-refractivity contribution is -0.128. The predicted octanol–water partition coefficient (Wildman–Crippen LogP) is 7.15. The number of aryl methyl sites for hydroxylation is 1. The zero-order valence-corrected chi connectivity index (χ0v) is 31.3. The van der Waals surface area contributed by atoms with Crippen LogP contribution in [0.5, 0.6) is 0 Å². The summed E-state index contributed by atoms with van der Waals surface area (Å²) < 4.78 is 7.67. The molecule has 2 saturated carbocycles. The van der Waals surface area contributed by atoms with Gasteiger partial charge in [-0.2, -0.15) is 0 Å².